The van der Waals surface area contributed by atoms with Gasteiger partial charge in [0.25, 0.3) is 0 Å². The minimum Gasteiger partial charge on any atom is -0.453 e. The molecule has 1 fully saturated rings. The smallest absolute Gasteiger partial charge is 0.409 e. The Kier molecular flexibility index (Phi) is 4.82. The summed E-state index contributed by atoms with van der Waals surface area (Å²) in [4.78, 5) is 24.3. The van der Waals surface area contributed by atoms with E-state index in [1.807, 2.05) is 0 Å². The monoisotopic (exact) mass is 326 g/mol. The Morgan fingerprint density at radius 2 is 1.77 bits per heavy atom. The summed E-state index contributed by atoms with van der Waals surface area (Å²) in [5.74, 6) is -0.187. The molecule has 1 saturated heterocycles. The van der Waals surface area contributed by atoms with Crippen LogP contribution in [0.25, 0.3) is 0 Å². The van der Waals surface area contributed by atoms with E-state index < -0.39 is 16.1 Å². The lowest BCUT2D eigenvalue weighted by molar-refractivity contribution is 0.101. The maximum atomic E-state index is 12.6. The molecule has 22 heavy (non-hydrogen) atoms. The van der Waals surface area contributed by atoms with Crippen molar-refractivity contribution in [1.82, 2.24) is 9.21 Å². The quantitative estimate of drug-likeness (QED) is 0.773. The van der Waals surface area contributed by atoms with Gasteiger partial charge in [-0.3, -0.25) is 4.79 Å². The van der Waals surface area contributed by atoms with Crippen molar-refractivity contribution in [3.05, 3.63) is 29.8 Å². The van der Waals surface area contributed by atoms with Crippen molar-refractivity contribution in [2.75, 3.05) is 33.3 Å². The molecule has 7 nitrogen and oxygen atoms in total. The number of amides is 1. The van der Waals surface area contributed by atoms with E-state index in [1.165, 1.54) is 35.4 Å². The summed E-state index contributed by atoms with van der Waals surface area (Å²) in [7, 11) is -2.38. The fourth-order valence-electron chi connectivity index (χ4n) is 2.26. The maximum Gasteiger partial charge on any atom is 0.409 e. The van der Waals surface area contributed by atoms with E-state index in [0.717, 1.165) is 0 Å². The Labute approximate surface area is 129 Å². The molecule has 1 aliphatic rings. The van der Waals surface area contributed by atoms with Crippen LogP contribution in [0.1, 0.15) is 17.3 Å². The summed E-state index contributed by atoms with van der Waals surface area (Å²) in [5.41, 5.74) is 0.356. The molecule has 0 N–H and O–H groups in total. The highest BCUT2D eigenvalue weighted by Gasteiger charge is 2.30. The average Bonchev–Trinajstić information content (AvgIpc) is 2.54. The number of carbonyl (C=O) groups excluding carboxylic acids is 2. The molecular weight excluding hydrogens is 308 g/mol. The fraction of sp³-hybridized carbons (Fsp3) is 0.429. The van der Waals surface area contributed by atoms with Crippen molar-refractivity contribution in [2.24, 2.45) is 0 Å². The van der Waals surface area contributed by atoms with Gasteiger partial charge in [-0.25, -0.2) is 13.2 Å². The van der Waals surface area contributed by atoms with Gasteiger partial charge in [0.05, 0.1) is 12.0 Å². The molecule has 0 spiro atoms. The Morgan fingerprint density at radius 3 is 2.32 bits per heavy atom. The minimum atomic E-state index is -3.67. The van der Waals surface area contributed by atoms with Crippen molar-refractivity contribution in [3.63, 3.8) is 0 Å². The second kappa shape index (κ2) is 6.45. The van der Waals surface area contributed by atoms with Crippen LogP contribution in [0.3, 0.4) is 0 Å². The molecule has 0 saturated carbocycles. The van der Waals surface area contributed by atoms with Crippen molar-refractivity contribution >= 4 is 21.9 Å². The molecule has 1 aliphatic heterocycles. The van der Waals surface area contributed by atoms with E-state index in [1.54, 1.807) is 12.1 Å². The molecule has 0 aromatic heterocycles. The molecule has 1 amide bonds. The van der Waals surface area contributed by atoms with Gasteiger partial charge in [0.15, 0.2) is 5.78 Å². The standard InChI is InChI=1S/C14H18N2O5S/c1-11(17)12-4-3-5-13(10-12)22(19,20)16-8-6-15(7-9-16)14(18)21-2/h3-5,10H,6-9H2,1-2H3. The predicted molar refractivity (Wildman–Crippen MR) is 79.2 cm³/mol. The predicted octanol–water partition coefficient (Wildman–Crippen LogP) is 0.962. The first-order chi connectivity index (χ1) is 10.4. The molecule has 0 unspecified atom stereocenters. The van der Waals surface area contributed by atoms with Crippen molar-refractivity contribution < 1.29 is 22.7 Å². The lowest BCUT2D eigenvalue weighted by atomic mass is 10.2. The lowest BCUT2D eigenvalue weighted by Crippen LogP contribution is -2.50. The first-order valence-electron chi connectivity index (χ1n) is 6.80. The van der Waals surface area contributed by atoms with Crippen LogP contribution in [0.4, 0.5) is 4.79 Å². The highest BCUT2D eigenvalue weighted by molar-refractivity contribution is 7.89. The van der Waals surface area contributed by atoms with Crippen LogP contribution in [0, 0.1) is 0 Å². The first kappa shape index (κ1) is 16.4. The zero-order valence-electron chi connectivity index (χ0n) is 12.5. The summed E-state index contributed by atoms with van der Waals surface area (Å²) < 4.78 is 31.1. The van der Waals surface area contributed by atoms with E-state index >= 15 is 0 Å². The van der Waals surface area contributed by atoms with Gasteiger partial charge >= 0.3 is 6.09 Å². The fourth-order valence-corrected chi connectivity index (χ4v) is 3.73. The Balaban J connectivity index is 2.17. The first-order valence-corrected chi connectivity index (χ1v) is 8.24. The largest absolute Gasteiger partial charge is 0.453 e. The number of hydrogen-bond acceptors (Lipinski definition) is 5. The van der Waals surface area contributed by atoms with E-state index in [4.69, 9.17) is 0 Å². The molecule has 8 heteroatoms. The minimum absolute atomic E-state index is 0.0896. The number of benzene rings is 1. The van der Waals surface area contributed by atoms with E-state index in [9.17, 15) is 18.0 Å². The lowest BCUT2D eigenvalue weighted by Gasteiger charge is -2.33. The molecular formula is C14H18N2O5S. The molecule has 0 aliphatic carbocycles. The number of methoxy groups -OCH3 is 1. The van der Waals surface area contributed by atoms with Crippen LogP contribution in [-0.4, -0.2) is 62.8 Å². The second-order valence-corrected chi connectivity index (χ2v) is 6.88. The number of rotatable bonds is 3. The van der Waals surface area contributed by atoms with E-state index in [2.05, 4.69) is 4.74 Å². The van der Waals surface area contributed by atoms with Gasteiger partial charge in [-0.1, -0.05) is 12.1 Å². The zero-order valence-corrected chi connectivity index (χ0v) is 13.3. The van der Waals surface area contributed by atoms with Crippen LogP contribution in [0.2, 0.25) is 0 Å². The molecule has 0 radical (unpaired) electrons. The number of ketones is 1. The number of carbonyl (C=O) groups is 2. The average molecular weight is 326 g/mol. The van der Waals surface area contributed by atoms with Gasteiger partial charge in [0, 0.05) is 31.7 Å². The van der Waals surface area contributed by atoms with Crippen molar-refractivity contribution in [1.29, 1.82) is 0 Å². The summed E-state index contributed by atoms with van der Waals surface area (Å²) in [5, 5.41) is 0. The van der Waals surface area contributed by atoms with Gasteiger partial charge in [0.2, 0.25) is 10.0 Å². The van der Waals surface area contributed by atoms with Crippen LogP contribution < -0.4 is 0 Å². The van der Waals surface area contributed by atoms with E-state index in [-0.39, 0.29) is 36.9 Å². The Bertz CT molecular complexity index is 678. The normalized spacial score (nSPS) is 16.4. The molecule has 1 heterocycles. The summed E-state index contributed by atoms with van der Waals surface area (Å²) in [6, 6.07) is 5.98. The Morgan fingerprint density at radius 1 is 1.14 bits per heavy atom. The van der Waals surface area contributed by atoms with Gasteiger partial charge in [-0.2, -0.15) is 4.31 Å². The highest BCUT2D eigenvalue weighted by Crippen LogP contribution is 2.19. The summed E-state index contributed by atoms with van der Waals surface area (Å²) in [6.45, 7) is 2.33. The number of Topliss-reactive ketones (excluding diaryl/α,β-unsaturated/α-hetero) is 1. The van der Waals surface area contributed by atoms with Crippen LogP contribution >= 0.6 is 0 Å². The molecule has 0 atom stereocenters. The third-order valence-electron chi connectivity index (χ3n) is 3.55. The van der Waals surface area contributed by atoms with Crippen LogP contribution in [0.15, 0.2) is 29.2 Å². The molecule has 1 aromatic rings. The van der Waals surface area contributed by atoms with Crippen molar-refractivity contribution in [3.8, 4) is 0 Å². The molecule has 2 rings (SSSR count). The third-order valence-corrected chi connectivity index (χ3v) is 5.44. The van der Waals surface area contributed by atoms with Gasteiger partial charge in [0.1, 0.15) is 0 Å². The highest BCUT2D eigenvalue weighted by atomic mass is 32.2. The molecule has 0 bridgehead atoms. The van der Waals surface area contributed by atoms with Gasteiger partial charge in [-0.15, -0.1) is 0 Å². The number of nitrogens with zero attached hydrogens (tertiary/aromatic N) is 2. The maximum absolute atomic E-state index is 12.6. The summed E-state index contributed by atoms with van der Waals surface area (Å²) in [6.07, 6.45) is -0.462. The second-order valence-electron chi connectivity index (χ2n) is 4.95. The van der Waals surface area contributed by atoms with Crippen molar-refractivity contribution in [2.45, 2.75) is 11.8 Å². The third kappa shape index (κ3) is 3.28. The molecule has 1 aromatic carbocycles. The summed E-state index contributed by atoms with van der Waals surface area (Å²) >= 11 is 0. The number of piperazine rings is 1. The van der Waals surface area contributed by atoms with Gasteiger partial charge in [-0.05, 0) is 19.1 Å². The number of sulfonamides is 1. The topological polar surface area (TPSA) is 84.0 Å². The number of hydrogen-bond donors (Lipinski definition) is 0. The number of ether oxygens (including phenoxy) is 1. The zero-order chi connectivity index (χ0) is 16.3. The van der Waals surface area contributed by atoms with Crippen LogP contribution in [-0.2, 0) is 14.8 Å². The SMILES string of the molecule is COC(=O)N1CCN(S(=O)(=O)c2cccc(C(C)=O)c2)CC1. The Hall–Kier alpha value is -1.93. The van der Waals surface area contributed by atoms with E-state index in [0.29, 0.717) is 5.56 Å². The van der Waals surface area contributed by atoms with Crippen LogP contribution in [0.5, 0.6) is 0 Å². The van der Waals surface area contributed by atoms with Gasteiger partial charge < -0.3 is 9.64 Å². The molecule has 120 valence electrons.